The van der Waals surface area contributed by atoms with Crippen molar-refractivity contribution in [3.63, 3.8) is 0 Å². The first-order valence-electron chi connectivity index (χ1n) is 7.10. The lowest BCUT2D eigenvalue weighted by atomic mass is 10.2. The summed E-state index contributed by atoms with van der Waals surface area (Å²) in [4.78, 5) is 22.2. The molecule has 2 aromatic carbocycles. The van der Waals surface area contributed by atoms with Gasteiger partial charge in [0.1, 0.15) is 5.75 Å². The molecule has 0 aromatic heterocycles. The van der Waals surface area contributed by atoms with Crippen LogP contribution in [0.5, 0.6) is 17.2 Å². The summed E-state index contributed by atoms with van der Waals surface area (Å²) in [5, 5.41) is 13.4. The number of hydrogen-bond donors (Lipinski definition) is 1. The van der Waals surface area contributed by atoms with Crippen LogP contribution in [0.1, 0.15) is 5.56 Å². The Morgan fingerprint density at radius 1 is 1.25 bits per heavy atom. The maximum absolute atomic E-state index is 11.9. The van der Waals surface area contributed by atoms with E-state index in [1.807, 2.05) is 0 Å². The second-order valence-electron chi connectivity index (χ2n) is 5.11. The van der Waals surface area contributed by atoms with Crippen LogP contribution in [0.3, 0.4) is 0 Å². The standard InChI is InChI=1S/C16H14N2O6/c1-10-6-12(3-4-13(10)18(20)21)22-8-16(19)17-11-2-5-14-15(7-11)24-9-23-14/h2-7H,8-9H2,1H3,(H,17,19). The van der Waals surface area contributed by atoms with Crippen LogP contribution in [0.4, 0.5) is 11.4 Å². The molecule has 0 bridgehead atoms. The van der Waals surface area contributed by atoms with E-state index in [1.54, 1.807) is 25.1 Å². The molecule has 0 atom stereocenters. The van der Waals surface area contributed by atoms with Crippen molar-refractivity contribution >= 4 is 17.3 Å². The van der Waals surface area contributed by atoms with Gasteiger partial charge in [0.05, 0.1) is 4.92 Å². The third-order valence-electron chi connectivity index (χ3n) is 3.39. The van der Waals surface area contributed by atoms with E-state index in [4.69, 9.17) is 14.2 Å². The number of rotatable bonds is 5. The van der Waals surface area contributed by atoms with E-state index in [9.17, 15) is 14.9 Å². The maximum Gasteiger partial charge on any atom is 0.272 e. The zero-order chi connectivity index (χ0) is 17.1. The molecule has 1 N–H and O–H groups in total. The largest absolute Gasteiger partial charge is 0.484 e. The average Bonchev–Trinajstić information content (AvgIpc) is 3.00. The molecule has 3 rings (SSSR count). The molecule has 24 heavy (non-hydrogen) atoms. The molecule has 8 heteroatoms. The Hall–Kier alpha value is -3.29. The zero-order valence-electron chi connectivity index (χ0n) is 12.8. The molecule has 8 nitrogen and oxygen atoms in total. The van der Waals surface area contributed by atoms with Crippen LogP contribution < -0.4 is 19.5 Å². The fraction of sp³-hybridized carbons (Fsp3) is 0.188. The fourth-order valence-electron chi connectivity index (χ4n) is 2.24. The third kappa shape index (κ3) is 3.37. The lowest BCUT2D eigenvalue weighted by Crippen LogP contribution is -2.20. The molecule has 1 aliphatic heterocycles. The highest BCUT2D eigenvalue weighted by molar-refractivity contribution is 5.92. The first-order chi connectivity index (χ1) is 11.5. The minimum atomic E-state index is -0.467. The van der Waals surface area contributed by atoms with Crippen molar-refractivity contribution in [2.45, 2.75) is 6.92 Å². The van der Waals surface area contributed by atoms with Crippen LogP contribution in [0.15, 0.2) is 36.4 Å². The Morgan fingerprint density at radius 3 is 2.79 bits per heavy atom. The number of carbonyl (C=O) groups excluding carboxylic acids is 1. The van der Waals surface area contributed by atoms with Crippen LogP contribution in [-0.4, -0.2) is 24.2 Å². The molecule has 1 heterocycles. The number of hydrogen-bond acceptors (Lipinski definition) is 6. The van der Waals surface area contributed by atoms with Gasteiger partial charge >= 0.3 is 0 Å². The minimum Gasteiger partial charge on any atom is -0.484 e. The first kappa shape index (κ1) is 15.6. The van der Waals surface area contributed by atoms with E-state index in [-0.39, 0.29) is 25.0 Å². The van der Waals surface area contributed by atoms with Crippen molar-refractivity contribution in [3.8, 4) is 17.2 Å². The average molecular weight is 330 g/mol. The second-order valence-corrected chi connectivity index (χ2v) is 5.11. The topological polar surface area (TPSA) is 99.9 Å². The maximum atomic E-state index is 11.9. The van der Waals surface area contributed by atoms with Crippen molar-refractivity contribution < 1.29 is 23.9 Å². The highest BCUT2D eigenvalue weighted by Gasteiger charge is 2.15. The van der Waals surface area contributed by atoms with Crippen LogP contribution in [0.2, 0.25) is 0 Å². The molecule has 0 unspecified atom stereocenters. The predicted molar refractivity (Wildman–Crippen MR) is 84.5 cm³/mol. The Balaban J connectivity index is 1.58. The molecule has 0 saturated carbocycles. The molecule has 124 valence electrons. The number of benzene rings is 2. The van der Waals surface area contributed by atoms with Gasteiger partial charge in [0, 0.05) is 23.4 Å². The zero-order valence-corrected chi connectivity index (χ0v) is 12.8. The highest BCUT2D eigenvalue weighted by Crippen LogP contribution is 2.34. The van der Waals surface area contributed by atoms with Gasteiger partial charge in [-0.3, -0.25) is 14.9 Å². The van der Waals surface area contributed by atoms with Crippen LogP contribution >= 0.6 is 0 Å². The van der Waals surface area contributed by atoms with E-state index < -0.39 is 4.92 Å². The van der Waals surface area contributed by atoms with Crippen LogP contribution in [0, 0.1) is 17.0 Å². The molecule has 1 amide bonds. The second kappa shape index (κ2) is 6.45. The Kier molecular flexibility index (Phi) is 4.19. The number of nitro groups is 1. The number of amides is 1. The number of aryl methyl sites for hydroxylation is 1. The predicted octanol–water partition coefficient (Wildman–Crippen LogP) is 2.65. The first-order valence-corrected chi connectivity index (χ1v) is 7.10. The molecule has 1 aliphatic rings. The normalized spacial score (nSPS) is 11.9. The van der Waals surface area contributed by atoms with E-state index in [1.165, 1.54) is 18.2 Å². The van der Waals surface area contributed by atoms with Crippen LogP contribution in [-0.2, 0) is 4.79 Å². The van der Waals surface area contributed by atoms with Gasteiger partial charge in [-0.15, -0.1) is 0 Å². The fourth-order valence-corrected chi connectivity index (χ4v) is 2.24. The molecular weight excluding hydrogens is 316 g/mol. The highest BCUT2D eigenvalue weighted by atomic mass is 16.7. The summed E-state index contributed by atoms with van der Waals surface area (Å²) in [6, 6.07) is 9.39. The summed E-state index contributed by atoms with van der Waals surface area (Å²) in [6.07, 6.45) is 0. The lowest BCUT2D eigenvalue weighted by molar-refractivity contribution is -0.385. The molecule has 2 aromatic rings. The number of ether oxygens (including phenoxy) is 3. The van der Waals surface area contributed by atoms with Crippen molar-refractivity contribution in [3.05, 3.63) is 52.1 Å². The number of fused-ring (bicyclic) bond motifs is 1. The van der Waals surface area contributed by atoms with E-state index in [0.29, 0.717) is 28.5 Å². The Morgan fingerprint density at radius 2 is 2.04 bits per heavy atom. The smallest absolute Gasteiger partial charge is 0.272 e. The number of carbonyl (C=O) groups is 1. The SMILES string of the molecule is Cc1cc(OCC(=O)Nc2ccc3c(c2)OCO3)ccc1[N+](=O)[O-]. The summed E-state index contributed by atoms with van der Waals surface area (Å²) >= 11 is 0. The number of nitrogens with one attached hydrogen (secondary N) is 1. The van der Waals surface area contributed by atoms with E-state index >= 15 is 0 Å². The molecule has 0 saturated heterocycles. The molecule has 0 aliphatic carbocycles. The number of nitro benzene ring substituents is 1. The van der Waals surface area contributed by atoms with Gasteiger partial charge < -0.3 is 19.5 Å². The lowest BCUT2D eigenvalue weighted by Gasteiger charge is -2.08. The van der Waals surface area contributed by atoms with Crippen molar-refractivity contribution in [1.82, 2.24) is 0 Å². The molecular formula is C16H14N2O6. The van der Waals surface area contributed by atoms with Crippen LogP contribution in [0.25, 0.3) is 0 Å². The quantitative estimate of drug-likeness (QED) is 0.668. The Labute approximate surface area is 137 Å². The Bertz CT molecular complexity index is 805. The van der Waals surface area contributed by atoms with Gasteiger partial charge in [0.2, 0.25) is 6.79 Å². The summed E-state index contributed by atoms with van der Waals surface area (Å²) < 4.78 is 15.8. The van der Waals surface area contributed by atoms with Crippen molar-refractivity contribution in [2.24, 2.45) is 0 Å². The number of nitrogens with zero attached hydrogens (tertiary/aromatic N) is 1. The molecule has 0 radical (unpaired) electrons. The summed E-state index contributed by atoms with van der Waals surface area (Å²) in [7, 11) is 0. The summed E-state index contributed by atoms with van der Waals surface area (Å²) in [6.45, 7) is 1.55. The van der Waals surface area contributed by atoms with Gasteiger partial charge in [-0.05, 0) is 31.2 Å². The van der Waals surface area contributed by atoms with Gasteiger partial charge in [-0.1, -0.05) is 0 Å². The third-order valence-corrected chi connectivity index (χ3v) is 3.39. The van der Waals surface area contributed by atoms with Gasteiger partial charge in [-0.25, -0.2) is 0 Å². The molecule has 0 spiro atoms. The molecule has 0 fully saturated rings. The minimum absolute atomic E-state index is 0.00663. The monoisotopic (exact) mass is 330 g/mol. The van der Waals surface area contributed by atoms with Crippen molar-refractivity contribution in [1.29, 1.82) is 0 Å². The van der Waals surface area contributed by atoms with Gasteiger partial charge in [-0.2, -0.15) is 0 Å². The summed E-state index contributed by atoms with van der Waals surface area (Å²) in [5.74, 6) is 1.23. The van der Waals surface area contributed by atoms with Gasteiger partial charge in [0.15, 0.2) is 18.1 Å². The van der Waals surface area contributed by atoms with Gasteiger partial charge in [0.25, 0.3) is 11.6 Å². The van der Waals surface area contributed by atoms with Crippen molar-refractivity contribution in [2.75, 3.05) is 18.7 Å². The summed E-state index contributed by atoms with van der Waals surface area (Å²) in [5.41, 5.74) is 1.04. The van der Waals surface area contributed by atoms with E-state index in [0.717, 1.165) is 0 Å². The number of anilines is 1. The van der Waals surface area contributed by atoms with E-state index in [2.05, 4.69) is 5.32 Å².